The fourth-order valence-electron chi connectivity index (χ4n) is 1.67. The first-order valence-corrected chi connectivity index (χ1v) is 6.42. The number of nitrogens with one attached hydrogen (secondary N) is 1. The van der Waals surface area contributed by atoms with Crippen LogP contribution in [0.5, 0.6) is 0 Å². The minimum atomic E-state index is 0.427. The molecule has 0 unspecified atom stereocenters. The highest BCUT2D eigenvalue weighted by atomic mass is 35.5. The normalized spacial score (nSPS) is 10.8. The van der Waals surface area contributed by atoms with Gasteiger partial charge in [0.1, 0.15) is 11.0 Å². The van der Waals surface area contributed by atoms with Crippen LogP contribution in [0.4, 0.5) is 11.5 Å². The molecule has 96 valence electrons. The Labute approximate surface area is 108 Å². The number of nitrogens with zero attached hydrogens (tertiary/aromatic N) is 2. The molecule has 1 rings (SSSR count). The zero-order valence-electron chi connectivity index (χ0n) is 10.5. The summed E-state index contributed by atoms with van der Waals surface area (Å²) in [6.07, 6.45) is 1.08. The molecule has 3 N–H and O–H groups in total. The molecule has 0 aliphatic rings. The second-order valence-corrected chi connectivity index (χ2v) is 4.30. The lowest BCUT2D eigenvalue weighted by Gasteiger charge is -2.17. The zero-order chi connectivity index (χ0) is 12.7. The molecule has 0 bridgehead atoms. The van der Waals surface area contributed by atoms with Crippen molar-refractivity contribution in [3.63, 3.8) is 0 Å². The van der Waals surface area contributed by atoms with E-state index in [-0.39, 0.29) is 0 Å². The van der Waals surface area contributed by atoms with Gasteiger partial charge < -0.3 is 16.0 Å². The lowest BCUT2D eigenvalue weighted by Crippen LogP contribution is -2.25. The largest absolute Gasteiger partial charge is 0.399 e. The van der Waals surface area contributed by atoms with E-state index in [4.69, 9.17) is 17.3 Å². The molecule has 0 amide bonds. The van der Waals surface area contributed by atoms with Crippen LogP contribution in [-0.2, 0) is 0 Å². The van der Waals surface area contributed by atoms with Crippen LogP contribution in [0, 0.1) is 0 Å². The molecule has 1 aromatic rings. The molecule has 0 radical (unpaired) electrons. The molecular formula is C12H21ClN4. The molecule has 4 nitrogen and oxygen atoms in total. The summed E-state index contributed by atoms with van der Waals surface area (Å²) in [5, 5.41) is 3.65. The van der Waals surface area contributed by atoms with Crippen LogP contribution in [0.25, 0.3) is 0 Å². The van der Waals surface area contributed by atoms with Crippen LogP contribution in [0.3, 0.4) is 0 Å². The monoisotopic (exact) mass is 256 g/mol. The Morgan fingerprint density at radius 3 is 2.65 bits per heavy atom. The number of pyridine rings is 1. The van der Waals surface area contributed by atoms with E-state index < -0.39 is 0 Å². The third kappa shape index (κ3) is 5.24. The molecule has 1 aromatic heterocycles. The van der Waals surface area contributed by atoms with Gasteiger partial charge in [0.05, 0.1) is 0 Å². The summed E-state index contributed by atoms with van der Waals surface area (Å²) in [5.41, 5.74) is 6.32. The van der Waals surface area contributed by atoms with Crippen LogP contribution in [0.1, 0.15) is 20.3 Å². The average Bonchev–Trinajstić information content (AvgIpc) is 2.28. The van der Waals surface area contributed by atoms with E-state index in [9.17, 15) is 0 Å². The molecule has 0 atom stereocenters. The number of rotatable bonds is 7. The molecule has 1 heterocycles. The van der Waals surface area contributed by atoms with Crippen LogP contribution in [-0.4, -0.2) is 36.1 Å². The van der Waals surface area contributed by atoms with Crippen molar-refractivity contribution in [1.82, 2.24) is 9.88 Å². The number of nitrogens with two attached hydrogens (primary N) is 1. The molecule has 0 aromatic carbocycles. The Balaban J connectivity index is 2.31. The summed E-state index contributed by atoms with van der Waals surface area (Å²) < 4.78 is 0. The lowest BCUT2D eigenvalue weighted by atomic mass is 10.3. The smallest absolute Gasteiger partial charge is 0.133 e. The van der Waals surface area contributed by atoms with Gasteiger partial charge in [0.2, 0.25) is 0 Å². The summed E-state index contributed by atoms with van der Waals surface area (Å²) in [7, 11) is 0. The third-order valence-electron chi connectivity index (χ3n) is 2.67. The van der Waals surface area contributed by atoms with Gasteiger partial charge in [-0.3, -0.25) is 0 Å². The van der Waals surface area contributed by atoms with Gasteiger partial charge in [-0.05, 0) is 32.1 Å². The molecule has 0 aliphatic heterocycles. The van der Waals surface area contributed by atoms with Crippen LogP contribution in [0.15, 0.2) is 12.1 Å². The fraction of sp³-hybridized carbons (Fsp3) is 0.583. The van der Waals surface area contributed by atoms with Gasteiger partial charge in [0, 0.05) is 18.3 Å². The minimum Gasteiger partial charge on any atom is -0.399 e. The van der Waals surface area contributed by atoms with Crippen molar-refractivity contribution in [2.24, 2.45) is 0 Å². The fourth-order valence-corrected chi connectivity index (χ4v) is 1.88. The average molecular weight is 257 g/mol. The Morgan fingerprint density at radius 1 is 1.35 bits per heavy atom. The molecule has 0 fully saturated rings. The second kappa shape index (κ2) is 7.35. The Hall–Kier alpha value is -1.00. The van der Waals surface area contributed by atoms with Crippen molar-refractivity contribution in [2.75, 3.05) is 37.2 Å². The van der Waals surface area contributed by atoms with Gasteiger partial charge in [-0.25, -0.2) is 4.98 Å². The van der Waals surface area contributed by atoms with Crippen molar-refractivity contribution < 1.29 is 0 Å². The lowest BCUT2D eigenvalue weighted by molar-refractivity contribution is 0.303. The first-order valence-electron chi connectivity index (χ1n) is 6.05. The van der Waals surface area contributed by atoms with Gasteiger partial charge in [0.15, 0.2) is 0 Å². The highest BCUT2D eigenvalue weighted by Crippen LogP contribution is 2.15. The minimum absolute atomic E-state index is 0.427. The quantitative estimate of drug-likeness (QED) is 0.581. The van der Waals surface area contributed by atoms with Crippen LogP contribution in [0.2, 0.25) is 5.15 Å². The van der Waals surface area contributed by atoms with E-state index in [1.807, 2.05) is 0 Å². The highest BCUT2D eigenvalue weighted by molar-refractivity contribution is 6.29. The van der Waals surface area contributed by atoms with E-state index in [0.29, 0.717) is 10.8 Å². The maximum Gasteiger partial charge on any atom is 0.133 e. The van der Waals surface area contributed by atoms with Crippen LogP contribution >= 0.6 is 11.6 Å². The number of nitrogen functional groups attached to an aromatic ring is 1. The maximum atomic E-state index is 5.82. The van der Waals surface area contributed by atoms with E-state index in [0.717, 1.165) is 38.4 Å². The standard InChI is InChI=1S/C12H21ClN4/c1-3-17(4-2)7-5-6-15-12-9-10(14)8-11(13)16-12/h8-9H,3-7H2,1-2H3,(H3,14,15,16). The predicted octanol–water partition coefficient (Wildman–Crippen LogP) is 2.46. The molecule has 17 heavy (non-hydrogen) atoms. The Kier molecular flexibility index (Phi) is 6.08. The summed E-state index contributed by atoms with van der Waals surface area (Å²) >= 11 is 5.82. The van der Waals surface area contributed by atoms with Crippen molar-refractivity contribution in [2.45, 2.75) is 20.3 Å². The number of hydrogen-bond donors (Lipinski definition) is 2. The maximum absolute atomic E-state index is 5.82. The number of halogens is 1. The van der Waals surface area contributed by atoms with Crippen molar-refractivity contribution in [3.8, 4) is 0 Å². The number of aromatic nitrogens is 1. The summed E-state index contributed by atoms with van der Waals surface area (Å²) in [6.45, 7) is 8.52. The van der Waals surface area contributed by atoms with E-state index in [2.05, 4.69) is 29.0 Å². The molecule has 0 saturated carbocycles. The molecule has 0 aliphatic carbocycles. The number of anilines is 2. The van der Waals surface area contributed by atoms with E-state index in [1.54, 1.807) is 12.1 Å². The molecule has 5 heteroatoms. The van der Waals surface area contributed by atoms with Gasteiger partial charge in [0.25, 0.3) is 0 Å². The third-order valence-corrected chi connectivity index (χ3v) is 2.86. The molecular weight excluding hydrogens is 236 g/mol. The summed E-state index contributed by atoms with van der Waals surface area (Å²) in [4.78, 5) is 6.54. The van der Waals surface area contributed by atoms with E-state index in [1.165, 1.54) is 0 Å². The van der Waals surface area contributed by atoms with Gasteiger partial charge in [-0.15, -0.1) is 0 Å². The summed E-state index contributed by atoms with van der Waals surface area (Å²) in [6, 6.07) is 3.44. The highest BCUT2D eigenvalue weighted by Gasteiger charge is 2.00. The Bertz CT molecular complexity index is 319. The van der Waals surface area contributed by atoms with Crippen LogP contribution < -0.4 is 11.1 Å². The number of hydrogen-bond acceptors (Lipinski definition) is 4. The van der Waals surface area contributed by atoms with Crippen molar-refractivity contribution >= 4 is 23.1 Å². The zero-order valence-corrected chi connectivity index (χ0v) is 11.3. The topological polar surface area (TPSA) is 54.2 Å². The van der Waals surface area contributed by atoms with Gasteiger partial charge >= 0.3 is 0 Å². The van der Waals surface area contributed by atoms with Crippen molar-refractivity contribution in [3.05, 3.63) is 17.3 Å². The summed E-state index contributed by atoms with van der Waals surface area (Å²) in [5.74, 6) is 0.745. The van der Waals surface area contributed by atoms with Gasteiger partial charge in [-0.2, -0.15) is 0 Å². The first-order chi connectivity index (χ1) is 8.15. The van der Waals surface area contributed by atoms with Gasteiger partial charge in [-0.1, -0.05) is 25.4 Å². The Morgan fingerprint density at radius 2 is 2.06 bits per heavy atom. The SMILES string of the molecule is CCN(CC)CCCNc1cc(N)cc(Cl)n1. The second-order valence-electron chi connectivity index (χ2n) is 3.92. The van der Waals surface area contributed by atoms with E-state index >= 15 is 0 Å². The molecule has 0 spiro atoms. The first kappa shape index (κ1) is 14.1. The predicted molar refractivity (Wildman–Crippen MR) is 74.6 cm³/mol. The molecule has 0 saturated heterocycles. The van der Waals surface area contributed by atoms with Crippen molar-refractivity contribution in [1.29, 1.82) is 0 Å².